The normalized spacial score (nSPS) is 13.0. The lowest BCUT2D eigenvalue weighted by atomic mass is 9.98. The first-order valence-corrected chi connectivity index (χ1v) is 12.6. The van der Waals surface area contributed by atoms with Gasteiger partial charge in [0.15, 0.2) is 0 Å². The molecule has 4 aromatic carbocycles. The zero-order chi connectivity index (χ0) is 21.8. The SMILES string of the molecule is Clc1ccc(C(OC(c2ccccc2)c2ccc(Cl)cc2I)c2ccccc2)c(I)c1. The summed E-state index contributed by atoms with van der Waals surface area (Å²) in [6, 6.07) is 32.5. The molecule has 0 bridgehead atoms. The van der Waals surface area contributed by atoms with Crippen LogP contribution in [-0.4, -0.2) is 0 Å². The molecule has 0 aromatic heterocycles. The molecule has 2 unspecified atom stereocenters. The first-order chi connectivity index (χ1) is 15.0. The van der Waals surface area contributed by atoms with Crippen molar-refractivity contribution < 1.29 is 4.74 Å². The highest BCUT2D eigenvalue weighted by atomic mass is 127. The Balaban J connectivity index is 1.84. The Bertz CT molecular complexity index is 1070. The molecule has 5 heteroatoms. The lowest BCUT2D eigenvalue weighted by Crippen LogP contribution is -2.15. The van der Waals surface area contributed by atoms with Crippen molar-refractivity contribution in [2.45, 2.75) is 12.2 Å². The van der Waals surface area contributed by atoms with E-state index in [9.17, 15) is 0 Å². The molecule has 0 saturated carbocycles. The van der Waals surface area contributed by atoms with Gasteiger partial charge in [0.1, 0.15) is 12.2 Å². The summed E-state index contributed by atoms with van der Waals surface area (Å²) in [5.74, 6) is 0. The largest absolute Gasteiger partial charge is 0.356 e. The zero-order valence-corrected chi connectivity index (χ0v) is 22.1. The molecular formula is C26H18Cl2I2O. The summed E-state index contributed by atoms with van der Waals surface area (Å²) >= 11 is 17.1. The molecule has 0 amide bonds. The predicted octanol–water partition coefficient (Wildman–Crippen LogP) is 9.10. The van der Waals surface area contributed by atoms with Crippen LogP contribution in [0.1, 0.15) is 34.5 Å². The number of benzene rings is 4. The molecule has 0 radical (unpaired) electrons. The second-order valence-corrected chi connectivity index (χ2v) is 10.2. The van der Waals surface area contributed by atoms with Gasteiger partial charge in [-0.1, -0.05) is 96.0 Å². The highest BCUT2D eigenvalue weighted by Crippen LogP contribution is 2.39. The minimum absolute atomic E-state index is 0.262. The van der Waals surface area contributed by atoms with Crippen molar-refractivity contribution >= 4 is 68.4 Å². The van der Waals surface area contributed by atoms with Crippen LogP contribution >= 0.6 is 68.4 Å². The van der Waals surface area contributed by atoms with E-state index in [1.807, 2.05) is 60.7 Å². The van der Waals surface area contributed by atoms with Crippen LogP contribution in [-0.2, 0) is 4.74 Å². The Labute approximate surface area is 220 Å². The molecule has 0 saturated heterocycles. The van der Waals surface area contributed by atoms with E-state index in [4.69, 9.17) is 27.9 Å². The second-order valence-electron chi connectivity index (χ2n) is 7.05. The van der Waals surface area contributed by atoms with Crippen molar-refractivity contribution in [3.8, 4) is 0 Å². The molecule has 0 aliphatic rings. The van der Waals surface area contributed by atoms with Gasteiger partial charge in [-0.3, -0.25) is 0 Å². The third-order valence-electron chi connectivity index (χ3n) is 4.97. The molecule has 156 valence electrons. The molecule has 31 heavy (non-hydrogen) atoms. The number of hydrogen-bond acceptors (Lipinski definition) is 1. The van der Waals surface area contributed by atoms with E-state index >= 15 is 0 Å². The van der Waals surface area contributed by atoms with Crippen LogP contribution in [0.3, 0.4) is 0 Å². The van der Waals surface area contributed by atoms with Crippen LogP contribution in [0.5, 0.6) is 0 Å². The second kappa shape index (κ2) is 10.7. The zero-order valence-electron chi connectivity index (χ0n) is 16.3. The fourth-order valence-electron chi connectivity index (χ4n) is 3.48. The van der Waals surface area contributed by atoms with Crippen LogP contribution in [0.15, 0.2) is 97.1 Å². The average Bonchev–Trinajstić information content (AvgIpc) is 2.77. The molecule has 0 fully saturated rings. The van der Waals surface area contributed by atoms with Crippen molar-refractivity contribution in [2.75, 3.05) is 0 Å². The molecule has 4 aromatic rings. The summed E-state index contributed by atoms with van der Waals surface area (Å²) in [4.78, 5) is 0. The molecular weight excluding hydrogens is 653 g/mol. The van der Waals surface area contributed by atoms with E-state index in [0.29, 0.717) is 10.0 Å². The van der Waals surface area contributed by atoms with Gasteiger partial charge in [0.25, 0.3) is 0 Å². The first-order valence-electron chi connectivity index (χ1n) is 9.68. The maximum absolute atomic E-state index is 6.94. The Morgan fingerprint density at radius 2 is 0.935 bits per heavy atom. The van der Waals surface area contributed by atoms with Gasteiger partial charge in [-0.2, -0.15) is 0 Å². The van der Waals surface area contributed by atoms with E-state index in [2.05, 4.69) is 81.6 Å². The topological polar surface area (TPSA) is 9.23 Å². The summed E-state index contributed by atoms with van der Waals surface area (Å²) in [5, 5.41) is 1.43. The van der Waals surface area contributed by atoms with Gasteiger partial charge in [-0.15, -0.1) is 0 Å². The minimum atomic E-state index is -0.262. The van der Waals surface area contributed by atoms with Gasteiger partial charge in [0.05, 0.1) is 0 Å². The van der Waals surface area contributed by atoms with E-state index in [-0.39, 0.29) is 12.2 Å². The lowest BCUT2D eigenvalue weighted by molar-refractivity contribution is 0.0300. The summed E-state index contributed by atoms with van der Waals surface area (Å²) in [7, 11) is 0. The molecule has 0 aliphatic carbocycles. The third kappa shape index (κ3) is 5.63. The van der Waals surface area contributed by atoms with E-state index in [0.717, 1.165) is 29.4 Å². The quantitative estimate of drug-likeness (QED) is 0.186. The monoisotopic (exact) mass is 670 g/mol. The van der Waals surface area contributed by atoms with Crippen LogP contribution < -0.4 is 0 Å². The van der Waals surface area contributed by atoms with Crippen molar-refractivity contribution in [2.24, 2.45) is 0 Å². The van der Waals surface area contributed by atoms with Crippen LogP contribution in [0.4, 0.5) is 0 Å². The van der Waals surface area contributed by atoms with E-state index in [1.165, 1.54) is 0 Å². The van der Waals surface area contributed by atoms with Crippen molar-refractivity contribution in [3.63, 3.8) is 0 Å². The third-order valence-corrected chi connectivity index (χ3v) is 7.31. The number of rotatable bonds is 6. The highest BCUT2D eigenvalue weighted by molar-refractivity contribution is 14.1. The summed E-state index contributed by atoms with van der Waals surface area (Å²) in [6.07, 6.45) is -0.524. The fourth-order valence-corrected chi connectivity index (χ4v) is 5.79. The van der Waals surface area contributed by atoms with Crippen LogP contribution in [0, 0.1) is 7.14 Å². The van der Waals surface area contributed by atoms with Crippen LogP contribution in [0.2, 0.25) is 10.0 Å². The van der Waals surface area contributed by atoms with Gasteiger partial charge in [-0.05, 0) is 91.7 Å². The van der Waals surface area contributed by atoms with Gasteiger partial charge >= 0.3 is 0 Å². The summed E-state index contributed by atoms with van der Waals surface area (Å²) < 4.78 is 9.07. The number of halogens is 4. The van der Waals surface area contributed by atoms with Crippen molar-refractivity contribution in [1.82, 2.24) is 0 Å². The molecule has 0 heterocycles. The number of ether oxygens (including phenoxy) is 1. The Kier molecular flexibility index (Phi) is 7.93. The standard InChI is InChI=1S/C26H18Cl2I2O/c27-19-11-13-21(23(29)15-19)25(17-7-3-1-4-8-17)31-26(18-9-5-2-6-10-18)22-14-12-20(28)16-24(22)30/h1-16,25-26H. The molecule has 0 N–H and O–H groups in total. The van der Waals surface area contributed by atoms with Gasteiger partial charge in [0.2, 0.25) is 0 Å². The highest BCUT2D eigenvalue weighted by Gasteiger charge is 2.26. The van der Waals surface area contributed by atoms with Gasteiger partial charge < -0.3 is 4.74 Å². The van der Waals surface area contributed by atoms with E-state index in [1.54, 1.807) is 0 Å². The Morgan fingerprint density at radius 1 is 0.548 bits per heavy atom. The van der Waals surface area contributed by atoms with Crippen molar-refractivity contribution in [3.05, 3.63) is 137 Å². The predicted molar refractivity (Wildman–Crippen MR) is 146 cm³/mol. The number of hydrogen-bond donors (Lipinski definition) is 0. The summed E-state index contributed by atoms with van der Waals surface area (Å²) in [6.45, 7) is 0. The molecule has 1 nitrogen and oxygen atoms in total. The van der Waals surface area contributed by atoms with E-state index < -0.39 is 0 Å². The molecule has 2 atom stereocenters. The van der Waals surface area contributed by atoms with Gasteiger partial charge in [-0.25, -0.2) is 0 Å². The molecule has 4 rings (SSSR count). The summed E-state index contributed by atoms with van der Waals surface area (Å²) in [5.41, 5.74) is 4.35. The molecule has 0 aliphatic heterocycles. The fraction of sp³-hybridized carbons (Fsp3) is 0.0769. The van der Waals surface area contributed by atoms with Crippen molar-refractivity contribution in [1.29, 1.82) is 0 Å². The average molecular weight is 671 g/mol. The Hall–Kier alpha value is -1.12. The van der Waals surface area contributed by atoms with Crippen LogP contribution in [0.25, 0.3) is 0 Å². The lowest BCUT2D eigenvalue weighted by Gasteiger charge is -2.28. The maximum Gasteiger partial charge on any atom is 0.110 e. The Morgan fingerprint density at radius 3 is 1.29 bits per heavy atom. The smallest absolute Gasteiger partial charge is 0.110 e. The first kappa shape index (κ1) is 23.1. The maximum atomic E-state index is 6.94. The van der Waals surface area contributed by atoms with Gasteiger partial charge in [0, 0.05) is 17.2 Å². The molecule has 0 spiro atoms. The minimum Gasteiger partial charge on any atom is -0.356 e.